The monoisotopic (exact) mass is 341 g/mol. The number of hydrogen-bond donors (Lipinski definition) is 2. The molecule has 0 aliphatic carbocycles. The topological polar surface area (TPSA) is 87.7 Å². The zero-order chi connectivity index (χ0) is 16.9. The Bertz CT molecular complexity index is 891. The van der Waals surface area contributed by atoms with Crippen LogP contribution in [0.4, 0.5) is 5.82 Å². The van der Waals surface area contributed by atoms with Crippen molar-refractivity contribution in [3.63, 3.8) is 0 Å². The molecule has 3 rings (SSSR count). The molecule has 0 amide bonds. The number of pyridine rings is 1. The molecule has 24 heavy (non-hydrogen) atoms. The first-order chi connectivity index (χ1) is 11.6. The molecule has 0 saturated carbocycles. The average Bonchev–Trinajstić information content (AvgIpc) is 3.05. The van der Waals surface area contributed by atoms with Gasteiger partial charge in [0.15, 0.2) is 0 Å². The Morgan fingerprint density at radius 2 is 2.12 bits per heavy atom. The number of halogens is 1. The van der Waals surface area contributed by atoms with Crippen LogP contribution in [0.15, 0.2) is 64.2 Å². The lowest BCUT2D eigenvalue weighted by Crippen LogP contribution is -1.97. The maximum absolute atomic E-state index is 11.1. The number of hydrogen-bond acceptors (Lipinski definition) is 5. The van der Waals surface area contributed by atoms with Gasteiger partial charge in [-0.3, -0.25) is 5.43 Å². The molecule has 0 aliphatic rings. The van der Waals surface area contributed by atoms with Crippen molar-refractivity contribution >= 4 is 29.6 Å². The van der Waals surface area contributed by atoms with E-state index in [1.54, 1.807) is 30.5 Å². The Labute approximate surface area is 142 Å². The summed E-state index contributed by atoms with van der Waals surface area (Å²) in [6.45, 7) is 0. The molecule has 0 bridgehead atoms. The highest BCUT2D eigenvalue weighted by molar-refractivity contribution is 6.33. The second-order valence-corrected chi connectivity index (χ2v) is 5.19. The van der Waals surface area contributed by atoms with E-state index in [4.69, 9.17) is 21.1 Å². The van der Waals surface area contributed by atoms with Crippen molar-refractivity contribution in [3.8, 4) is 11.3 Å². The Kier molecular flexibility index (Phi) is 4.58. The fraction of sp³-hybridized carbons (Fsp3) is 0. The van der Waals surface area contributed by atoms with Gasteiger partial charge >= 0.3 is 5.97 Å². The van der Waals surface area contributed by atoms with E-state index >= 15 is 0 Å². The van der Waals surface area contributed by atoms with Crippen molar-refractivity contribution in [1.82, 2.24) is 4.98 Å². The van der Waals surface area contributed by atoms with Crippen LogP contribution in [0.5, 0.6) is 0 Å². The number of anilines is 1. The summed E-state index contributed by atoms with van der Waals surface area (Å²) in [5, 5.41) is 13.3. The number of benzene rings is 1. The molecule has 0 unspecified atom stereocenters. The van der Waals surface area contributed by atoms with Crippen LogP contribution < -0.4 is 5.43 Å². The van der Waals surface area contributed by atoms with Crippen LogP contribution in [0.3, 0.4) is 0 Å². The summed E-state index contributed by atoms with van der Waals surface area (Å²) in [6, 6.07) is 13.6. The Morgan fingerprint density at radius 1 is 1.25 bits per heavy atom. The van der Waals surface area contributed by atoms with Gasteiger partial charge in [-0.2, -0.15) is 5.10 Å². The molecule has 0 fully saturated rings. The highest BCUT2D eigenvalue weighted by atomic mass is 35.5. The quantitative estimate of drug-likeness (QED) is 0.538. The Balaban J connectivity index is 1.76. The van der Waals surface area contributed by atoms with Crippen LogP contribution in [0, 0.1) is 0 Å². The molecule has 120 valence electrons. The van der Waals surface area contributed by atoms with Crippen molar-refractivity contribution in [2.24, 2.45) is 5.10 Å². The molecule has 2 heterocycles. The first kappa shape index (κ1) is 15.8. The number of carboxylic acid groups (broad SMARTS) is 1. The number of carbonyl (C=O) groups is 1. The third-order valence-corrected chi connectivity index (χ3v) is 3.47. The molecular weight excluding hydrogens is 330 g/mol. The van der Waals surface area contributed by atoms with Crippen LogP contribution in [-0.4, -0.2) is 22.3 Å². The minimum Gasteiger partial charge on any atom is -0.478 e. The predicted octanol–water partition coefficient (Wildman–Crippen LogP) is 4.14. The summed E-state index contributed by atoms with van der Waals surface area (Å²) in [5.74, 6) is 0.563. The van der Waals surface area contributed by atoms with Gasteiger partial charge in [0.25, 0.3) is 0 Å². The smallest absolute Gasteiger partial charge is 0.337 e. The highest BCUT2D eigenvalue weighted by Gasteiger charge is 2.12. The van der Waals surface area contributed by atoms with Gasteiger partial charge in [0.05, 0.1) is 16.8 Å². The standard InChI is InChI=1S/C17H12ClN3O3/c18-14-6-4-11(9-13(14)17(22)23)15-7-5-12(24-15)10-20-21-16-3-1-2-8-19-16/h1-10H,(H,19,21)(H,22,23). The van der Waals surface area contributed by atoms with Gasteiger partial charge in [-0.15, -0.1) is 0 Å². The minimum absolute atomic E-state index is 0.0256. The van der Waals surface area contributed by atoms with E-state index < -0.39 is 5.97 Å². The van der Waals surface area contributed by atoms with E-state index in [0.29, 0.717) is 22.9 Å². The van der Waals surface area contributed by atoms with E-state index in [1.807, 2.05) is 12.1 Å². The number of nitrogens with zero attached hydrogens (tertiary/aromatic N) is 2. The van der Waals surface area contributed by atoms with Crippen LogP contribution in [0.1, 0.15) is 16.1 Å². The number of rotatable bonds is 5. The van der Waals surface area contributed by atoms with E-state index in [1.165, 1.54) is 18.3 Å². The molecule has 1 aromatic carbocycles. The second kappa shape index (κ2) is 6.97. The van der Waals surface area contributed by atoms with Crippen LogP contribution in [0.2, 0.25) is 5.02 Å². The molecule has 0 aliphatic heterocycles. The van der Waals surface area contributed by atoms with Crippen LogP contribution >= 0.6 is 11.6 Å². The SMILES string of the molecule is O=C(O)c1cc(-c2ccc(C=NNc3ccccn3)o2)ccc1Cl. The molecular formula is C17H12ClN3O3. The summed E-state index contributed by atoms with van der Waals surface area (Å²) in [7, 11) is 0. The van der Waals surface area contributed by atoms with E-state index in [0.717, 1.165) is 0 Å². The van der Waals surface area contributed by atoms with E-state index in [2.05, 4.69) is 15.5 Å². The number of hydrazone groups is 1. The molecule has 0 radical (unpaired) electrons. The number of nitrogens with one attached hydrogen (secondary N) is 1. The number of carboxylic acids is 1. The summed E-state index contributed by atoms with van der Waals surface area (Å²) in [6.07, 6.45) is 3.16. The first-order valence-corrected chi connectivity index (χ1v) is 7.34. The second-order valence-electron chi connectivity index (χ2n) is 4.79. The third-order valence-electron chi connectivity index (χ3n) is 3.14. The number of aromatic nitrogens is 1. The Hall–Kier alpha value is -3.12. The van der Waals surface area contributed by atoms with Gasteiger partial charge in [0, 0.05) is 11.8 Å². The van der Waals surface area contributed by atoms with E-state index in [-0.39, 0.29) is 10.6 Å². The van der Waals surface area contributed by atoms with Gasteiger partial charge in [0.2, 0.25) is 0 Å². The van der Waals surface area contributed by atoms with Crippen LogP contribution in [-0.2, 0) is 0 Å². The number of furan rings is 1. The molecule has 0 atom stereocenters. The van der Waals surface area contributed by atoms with Crippen LogP contribution in [0.25, 0.3) is 11.3 Å². The molecule has 2 N–H and O–H groups in total. The minimum atomic E-state index is -1.09. The third kappa shape index (κ3) is 3.61. The fourth-order valence-corrected chi connectivity index (χ4v) is 2.21. The molecule has 6 nitrogen and oxygen atoms in total. The lowest BCUT2D eigenvalue weighted by molar-refractivity contribution is 0.0697. The maximum atomic E-state index is 11.1. The lowest BCUT2D eigenvalue weighted by Gasteiger charge is -2.01. The molecule has 0 saturated heterocycles. The van der Waals surface area contributed by atoms with Crippen molar-refractivity contribution in [3.05, 3.63) is 71.1 Å². The molecule has 0 spiro atoms. The average molecular weight is 342 g/mol. The molecule has 3 aromatic rings. The maximum Gasteiger partial charge on any atom is 0.337 e. The summed E-state index contributed by atoms with van der Waals surface area (Å²) < 4.78 is 5.64. The summed E-state index contributed by atoms with van der Waals surface area (Å²) in [4.78, 5) is 15.2. The number of aromatic carboxylic acids is 1. The van der Waals surface area contributed by atoms with Crippen molar-refractivity contribution in [1.29, 1.82) is 0 Å². The van der Waals surface area contributed by atoms with Gasteiger partial charge < -0.3 is 9.52 Å². The van der Waals surface area contributed by atoms with Crippen molar-refractivity contribution in [2.45, 2.75) is 0 Å². The van der Waals surface area contributed by atoms with Gasteiger partial charge in [-0.1, -0.05) is 17.7 Å². The zero-order valence-corrected chi connectivity index (χ0v) is 13.1. The van der Waals surface area contributed by atoms with Gasteiger partial charge in [-0.05, 0) is 42.5 Å². The Morgan fingerprint density at radius 3 is 2.88 bits per heavy atom. The van der Waals surface area contributed by atoms with Gasteiger partial charge in [0.1, 0.15) is 17.3 Å². The highest BCUT2D eigenvalue weighted by Crippen LogP contribution is 2.26. The van der Waals surface area contributed by atoms with Crippen molar-refractivity contribution < 1.29 is 14.3 Å². The predicted molar refractivity (Wildman–Crippen MR) is 91.6 cm³/mol. The zero-order valence-electron chi connectivity index (χ0n) is 12.3. The largest absolute Gasteiger partial charge is 0.478 e. The summed E-state index contributed by atoms with van der Waals surface area (Å²) in [5.41, 5.74) is 3.42. The van der Waals surface area contributed by atoms with Crippen molar-refractivity contribution in [2.75, 3.05) is 5.43 Å². The normalized spacial score (nSPS) is 10.9. The fourth-order valence-electron chi connectivity index (χ4n) is 2.01. The lowest BCUT2D eigenvalue weighted by atomic mass is 10.1. The molecule has 2 aromatic heterocycles. The van der Waals surface area contributed by atoms with Gasteiger partial charge in [-0.25, -0.2) is 9.78 Å². The molecule has 7 heteroatoms. The summed E-state index contributed by atoms with van der Waals surface area (Å²) >= 11 is 5.86. The first-order valence-electron chi connectivity index (χ1n) is 6.96. The van der Waals surface area contributed by atoms with E-state index in [9.17, 15) is 4.79 Å².